The minimum absolute atomic E-state index is 0.0693. The number of nitrogens with one attached hydrogen (secondary N) is 2. The number of carbonyl (C=O) groups excluding carboxylic acids is 3. The van der Waals surface area contributed by atoms with Crippen molar-refractivity contribution in [3.63, 3.8) is 0 Å². The van der Waals surface area contributed by atoms with Crippen molar-refractivity contribution in [3.8, 4) is 0 Å². The molecule has 0 aliphatic carbocycles. The Morgan fingerprint density at radius 2 is 1.95 bits per heavy atom. The number of amides is 3. The summed E-state index contributed by atoms with van der Waals surface area (Å²) in [5.41, 5.74) is 1.63. The van der Waals surface area contributed by atoms with Gasteiger partial charge < -0.3 is 15.5 Å². The second-order valence-corrected chi connectivity index (χ2v) is 4.75. The number of rotatable bonds is 1. The molecule has 0 spiro atoms. The number of hydrogen-bond acceptors (Lipinski definition) is 3. The van der Waals surface area contributed by atoms with Gasteiger partial charge in [-0.25, -0.2) is 0 Å². The highest BCUT2D eigenvalue weighted by atomic mass is 16.2. The molecule has 106 valence electrons. The van der Waals surface area contributed by atoms with Gasteiger partial charge in [0.2, 0.25) is 5.91 Å². The third-order valence-corrected chi connectivity index (χ3v) is 3.05. The molecule has 1 fully saturated rings. The Hall–Kier alpha value is -2.37. The molecule has 1 aromatic carbocycles. The highest BCUT2D eigenvalue weighted by Gasteiger charge is 2.25. The van der Waals surface area contributed by atoms with E-state index < -0.39 is 11.8 Å². The summed E-state index contributed by atoms with van der Waals surface area (Å²) in [6, 6.07) is 7.16. The molecule has 0 unspecified atom stereocenters. The molecule has 1 aromatic rings. The van der Waals surface area contributed by atoms with Gasteiger partial charge >= 0.3 is 11.8 Å². The monoisotopic (exact) mass is 275 g/mol. The molecule has 0 saturated carbocycles. The van der Waals surface area contributed by atoms with Gasteiger partial charge in [0.05, 0.1) is 6.54 Å². The summed E-state index contributed by atoms with van der Waals surface area (Å²) in [5.74, 6) is -1.63. The molecule has 2 N–H and O–H groups in total. The first-order valence-electron chi connectivity index (χ1n) is 6.50. The highest BCUT2D eigenvalue weighted by molar-refractivity contribution is 6.39. The number of benzene rings is 1. The van der Waals surface area contributed by atoms with E-state index in [0.29, 0.717) is 25.2 Å². The topological polar surface area (TPSA) is 78.5 Å². The number of aryl methyl sites for hydroxylation is 1. The summed E-state index contributed by atoms with van der Waals surface area (Å²) < 4.78 is 0. The molecular weight excluding hydrogens is 258 g/mol. The normalized spacial score (nSPS) is 15.2. The molecule has 6 nitrogen and oxygen atoms in total. The summed E-state index contributed by atoms with van der Waals surface area (Å²) in [5, 5.41) is 5.20. The van der Waals surface area contributed by atoms with E-state index in [1.807, 2.05) is 19.1 Å². The molecule has 20 heavy (non-hydrogen) atoms. The molecule has 1 heterocycles. The molecule has 0 radical (unpaired) electrons. The molecule has 0 atom stereocenters. The van der Waals surface area contributed by atoms with Gasteiger partial charge in [0.25, 0.3) is 0 Å². The number of anilines is 1. The van der Waals surface area contributed by atoms with Crippen LogP contribution in [-0.2, 0) is 14.4 Å². The molecule has 0 aromatic heterocycles. The van der Waals surface area contributed by atoms with Crippen molar-refractivity contribution in [2.45, 2.75) is 13.3 Å². The molecular formula is C14H17N3O3. The van der Waals surface area contributed by atoms with Crippen molar-refractivity contribution in [2.75, 3.05) is 25.0 Å². The average molecular weight is 275 g/mol. The molecule has 2 rings (SSSR count). The molecule has 6 heteroatoms. The van der Waals surface area contributed by atoms with Gasteiger partial charge in [-0.2, -0.15) is 0 Å². The third kappa shape index (κ3) is 3.57. The van der Waals surface area contributed by atoms with Crippen LogP contribution in [0.5, 0.6) is 0 Å². The summed E-state index contributed by atoms with van der Waals surface area (Å²) in [4.78, 5) is 36.5. The number of carbonyl (C=O) groups is 3. The van der Waals surface area contributed by atoms with E-state index in [0.717, 1.165) is 5.56 Å². The Morgan fingerprint density at radius 3 is 2.65 bits per heavy atom. The second-order valence-electron chi connectivity index (χ2n) is 4.75. The lowest BCUT2D eigenvalue weighted by Gasteiger charge is -2.18. The van der Waals surface area contributed by atoms with Crippen LogP contribution in [0.2, 0.25) is 0 Å². The van der Waals surface area contributed by atoms with E-state index in [9.17, 15) is 14.4 Å². The van der Waals surface area contributed by atoms with Crippen molar-refractivity contribution >= 4 is 23.4 Å². The SMILES string of the molecule is Cc1ccc(NC(=O)C(=O)N2CCCNC(=O)C2)cc1. The Bertz CT molecular complexity index is 525. The van der Waals surface area contributed by atoms with Gasteiger partial charge in [-0.1, -0.05) is 17.7 Å². The zero-order chi connectivity index (χ0) is 14.5. The smallest absolute Gasteiger partial charge is 0.313 e. The first kappa shape index (κ1) is 14.0. The standard InChI is InChI=1S/C14H17N3O3/c1-10-3-5-11(6-4-10)16-13(19)14(20)17-8-2-7-15-12(18)9-17/h3-6H,2,7-9H2,1H3,(H,15,18)(H,16,19). The lowest BCUT2D eigenvalue weighted by atomic mass is 10.2. The largest absolute Gasteiger partial charge is 0.354 e. The summed E-state index contributed by atoms with van der Waals surface area (Å²) >= 11 is 0. The van der Waals surface area contributed by atoms with Gasteiger partial charge in [0.15, 0.2) is 0 Å². The van der Waals surface area contributed by atoms with Crippen LogP contribution in [0.3, 0.4) is 0 Å². The molecule has 1 aliphatic heterocycles. The first-order chi connectivity index (χ1) is 9.56. The van der Waals surface area contributed by atoms with Crippen molar-refractivity contribution in [3.05, 3.63) is 29.8 Å². The van der Waals surface area contributed by atoms with Crippen LogP contribution in [0.25, 0.3) is 0 Å². The van der Waals surface area contributed by atoms with Crippen LogP contribution in [0.4, 0.5) is 5.69 Å². The molecule has 1 saturated heterocycles. The maximum absolute atomic E-state index is 12.0. The lowest BCUT2D eigenvalue weighted by Crippen LogP contribution is -2.43. The number of hydrogen-bond donors (Lipinski definition) is 2. The minimum Gasteiger partial charge on any atom is -0.354 e. The minimum atomic E-state index is -0.719. The predicted octanol–water partition coefficient (Wildman–Crippen LogP) is 0.282. The Balaban J connectivity index is 1.99. The van der Waals surface area contributed by atoms with Gasteiger partial charge in [-0.05, 0) is 25.5 Å². The summed E-state index contributed by atoms with van der Waals surface area (Å²) in [6.07, 6.45) is 0.648. The molecule has 1 aliphatic rings. The Morgan fingerprint density at radius 1 is 1.25 bits per heavy atom. The maximum Gasteiger partial charge on any atom is 0.313 e. The second kappa shape index (κ2) is 6.18. The van der Waals surface area contributed by atoms with E-state index in [-0.39, 0.29) is 12.5 Å². The van der Waals surface area contributed by atoms with Crippen LogP contribution in [0.1, 0.15) is 12.0 Å². The summed E-state index contributed by atoms with van der Waals surface area (Å²) in [6.45, 7) is 2.80. The predicted molar refractivity (Wildman–Crippen MR) is 74.0 cm³/mol. The van der Waals surface area contributed by atoms with Gasteiger partial charge in [-0.3, -0.25) is 14.4 Å². The summed E-state index contributed by atoms with van der Waals surface area (Å²) in [7, 11) is 0. The molecule has 0 bridgehead atoms. The van der Waals surface area contributed by atoms with E-state index in [2.05, 4.69) is 10.6 Å². The van der Waals surface area contributed by atoms with E-state index >= 15 is 0 Å². The van der Waals surface area contributed by atoms with Crippen molar-refractivity contribution in [1.82, 2.24) is 10.2 Å². The quantitative estimate of drug-likeness (QED) is 0.723. The third-order valence-electron chi connectivity index (χ3n) is 3.05. The highest BCUT2D eigenvalue weighted by Crippen LogP contribution is 2.09. The first-order valence-corrected chi connectivity index (χ1v) is 6.50. The Kier molecular flexibility index (Phi) is 4.34. The average Bonchev–Trinajstić information content (AvgIpc) is 2.65. The van der Waals surface area contributed by atoms with E-state index in [1.54, 1.807) is 12.1 Å². The van der Waals surface area contributed by atoms with Crippen LogP contribution in [0.15, 0.2) is 24.3 Å². The number of nitrogens with zero attached hydrogens (tertiary/aromatic N) is 1. The van der Waals surface area contributed by atoms with Gasteiger partial charge in [-0.15, -0.1) is 0 Å². The maximum atomic E-state index is 12.0. The van der Waals surface area contributed by atoms with Crippen LogP contribution in [-0.4, -0.2) is 42.3 Å². The van der Waals surface area contributed by atoms with Crippen LogP contribution >= 0.6 is 0 Å². The zero-order valence-electron chi connectivity index (χ0n) is 11.3. The van der Waals surface area contributed by atoms with Crippen molar-refractivity contribution in [1.29, 1.82) is 0 Å². The fourth-order valence-corrected chi connectivity index (χ4v) is 1.94. The van der Waals surface area contributed by atoms with Crippen molar-refractivity contribution < 1.29 is 14.4 Å². The van der Waals surface area contributed by atoms with E-state index in [4.69, 9.17) is 0 Å². The zero-order valence-corrected chi connectivity index (χ0v) is 11.3. The fourth-order valence-electron chi connectivity index (χ4n) is 1.94. The fraction of sp³-hybridized carbons (Fsp3) is 0.357. The lowest BCUT2D eigenvalue weighted by molar-refractivity contribution is -0.144. The van der Waals surface area contributed by atoms with E-state index in [1.165, 1.54) is 4.90 Å². The van der Waals surface area contributed by atoms with Crippen LogP contribution in [0, 0.1) is 6.92 Å². The van der Waals surface area contributed by atoms with Gasteiger partial charge in [0, 0.05) is 18.8 Å². The Labute approximate surface area is 117 Å². The van der Waals surface area contributed by atoms with Crippen molar-refractivity contribution in [2.24, 2.45) is 0 Å². The molecule has 3 amide bonds. The van der Waals surface area contributed by atoms with Crippen LogP contribution < -0.4 is 10.6 Å². The van der Waals surface area contributed by atoms with Gasteiger partial charge in [0.1, 0.15) is 0 Å².